The fourth-order valence-corrected chi connectivity index (χ4v) is 9.68. The van der Waals surface area contributed by atoms with E-state index in [0.717, 1.165) is 34.3 Å². The molecule has 0 saturated carbocycles. The molecule has 0 fully saturated rings. The second-order valence-corrected chi connectivity index (χ2v) is 25.8. The van der Waals surface area contributed by atoms with Crippen LogP contribution in [0, 0.1) is 0 Å². The number of nitrogens with one attached hydrogen (secondary N) is 3. The second-order valence-electron chi connectivity index (χ2n) is 25.8. The molecule has 0 saturated heterocycles. The van der Waals surface area contributed by atoms with E-state index in [2.05, 4.69) is 16.0 Å². The van der Waals surface area contributed by atoms with E-state index in [1.165, 1.54) is 35.2 Å². The van der Waals surface area contributed by atoms with Crippen LogP contribution in [-0.2, 0) is 71.6 Å². The van der Waals surface area contributed by atoms with E-state index in [9.17, 15) is 135 Å². The van der Waals surface area contributed by atoms with E-state index in [1.54, 1.807) is 0 Å². The van der Waals surface area contributed by atoms with Crippen molar-refractivity contribution in [3.63, 3.8) is 0 Å². The van der Waals surface area contributed by atoms with E-state index in [0.29, 0.717) is 26.4 Å². The maximum Gasteiger partial charge on any atom is 0.245 e. The summed E-state index contributed by atoms with van der Waals surface area (Å²) in [5.41, 5.74) is 5.35. The van der Waals surface area contributed by atoms with Gasteiger partial charge in [-0.1, -0.05) is 0 Å². The molecule has 0 aromatic carbocycles. The zero-order valence-electron chi connectivity index (χ0n) is 62.9. The molecule has 46 heteroatoms. The first-order chi connectivity index (χ1) is 51.8. The number of nitrogens with zero attached hydrogens (tertiary/aromatic N) is 7. The molecule has 0 rings (SSSR count). The highest BCUT2D eigenvalue weighted by atomic mass is 16.6. The minimum atomic E-state index is -2.14. The summed E-state index contributed by atoms with van der Waals surface area (Å²) in [6.45, 7) is -9.43. The summed E-state index contributed by atoms with van der Waals surface area (Å²) >= 11 is 0. The predicted octanol–water partition coefficient (Wildman–Crippen LogP) is -17.5. The maximum atomic E-state index is 14.3. The van der Waals surface area contributed by atoms with Gasteiger partial charge in [0.2, 0.25) is 53.2 Å². The first-order valence-electron chi connectivity index (χ1n) is 35.4. The fourth-order valence-electron chi connectivity index (χ4n) is 9.68. The molecule has 0 heterocycles. The van der Waals surface area contributed by atoms with Gasteiger partial charge in [0.1, 0.15) is 91.5 Å². The summed E-state index contributed by atoms with van der Waals surface area (Å²) in [5, 5.41) is 209. The Hall–Kier alpha value is -5.89. The largest absolute Gasteiger partial charge is 0.394 e. The Kier molecular flexibility index (Phi) is 55.7. The van der Waals surface area contributed by atoms with Crippen molar-refractivity contribution >= 4 is 53.2 Å². The van der Waals surface area contributed by atoms with E-state index in [1.807, 2.05) is 0 Å². The molecule has 17 atom stereocenters. The second kappa shape index (κ2) is 58.9. The zero-order chi connectivity index (χ0) is 83.8. The van der Waals surface area contributed by atoms with Crippen LogP contribution in [0.5, 0.6) is 0 Å². The smallest absolute Gasteiger partial charge is 0.245 e. The van der Waals surface area contributed by atoms with Crippen molar-refractivity contribution < 1.29 is 174 Å². The molecular weight excluding hydrogens is 1480 g/mol. The summed E-state index contributed by atoms with van der Waals surface area (Å²) in [4.78, 5) is 126. The molecule has 0 aliphatic rings. The SMILES string of the molecule is CN(CC(=O)NCCOCCOCCOCCC(=O)N(C[C@H](O)[C@@H](O)[C@H](O)[C@H](O)CO)C[C@H](O)[C@@H](O)[C@H](O)[C@H](O)CO)C(=O)CN(C)C(=O)CN(C)C(=O)C(CCCN(C[C@H](O)[C@@H](O)[C@H](O)[C@H](O)CO)C[C@H](O)[C@@H](O)[C@H](O)[C@H](O)CO)NC(=O)CN(C)C(=O)CN(C)C(=O)CNC(=O)CCOCCOCCOCCN. The number of aliphatic hydroxyl groups excluding tert-OH is 20. The lowest BCUT2D eigenvalue weighted by atomic mass is 10.0. The van der Waals surface area contributed by atoms with Crippen LogP contribution in [0.25, 0.3) is 0 Å². The number of carbonyl (C=O) groups is 9. The maximum absolute atomic E-state index is 14.3. The highest BCUT2D eigenvalue weighted by Crippen LogP contribution is 2.16. The molecule has 0 aromatic rings. The van der Waals surface area contributed by atoms with E-state index < -0.39 is 255 Å². The van der Waals surface area contributed by atoms with Gasteiger partial charge < -0.3 is 182 Å². The number of aliphatic hydroxyl groups is 20. The Morgan fingerprint density at radius 3 is 1.07 bits per heavy atom. The van der Waals surface area contributed by atoms with Gasteiger partial charge in [-0.2, -0.15) is 0 Å². The van der Waals surface area contributed by atoms with Gasteiger partial charge in [0, 0.05) is 80.9 Å². The highest BCUT2D eigenvalue weighted by molar-refractivity contribution is 5.94. The summed E-state index contributed by atoms with van der Waals surface area (Å²) in [6.07, 6.45) is -33.5. The van der Waals surface area contributed by atoms with Crippen LogP contribution in [-0.4, -0.2) is 519 Å². The van der Waals surface area contributed by atoms with E-state index in [4.69, 9.17) is 44.4 Å². The van der Waals surface area contributed by atoms with E-state index >= 15 is 0 Å². The number of rotatable bonds is 65. The molecule has 46 nitrogen and oxygen atoms in total. The van der Waals surface area contributed by atoms with Crippen LogP contribution in [0.15, 0.2) is 0 Å². The van der Waals surface area contributed by atoms with Crippen LogP contribution in [0.4, 0.5) is 0 Å². The third kappa shape index (κ3) is 42.8. The quantitative estimate of drug-likeness (QED) is 0.0251. The van der Waals surface area contributed by atoms with Gasteiger partial charge in [0.15, 0.2) is 0 Å². The molecule has 644 valence electrons. The third-order valence-electron chi connectivity index (χ3n) is 16.6. The summed E-state index contributed by atoms with van der Waals surface area (Å²) in [7, 11) is 6.12. The van der Waals surface area contributed by atoms with Gasteiger partial charge in [-0.15, -0.1) is 0 Å². The van der Waals surface area contributed by atoms with Crippen LogP contribution < -0.4 is 21.7 Å². The minimum Gasteiger partial charge on any atom is -0.394 e. The predicted molar refractivity (Wildman–Crippen MR) is 376 cm³/mol. The van der Waals surface area contributed by atoms with Gasteiger partial charge in [0.25, 0.3) is 0 Å². The molecule has 0 spiro atoms. The van der Waals surface area contributed by atoms with Crippen molar-refractivity contribution in [2.24, 2.45) is 5.73 Å². The van der Waals surface area contributed by atoms with Crippen molar-refractivity contribution in [2.75, 3.05) is 226 Å². The molecule has 0 radical (unpaired) electrons. The standard InChI is InChI=1S/C64H123N11O35/c1-69(30-49(89)66-11-16-108-20-24-110-22-18-106-14-9-51(91)75(28-42(82)58(98)62(102)46(86)37-78)29-43(83)59(99)63(103)47(87)38-79)54(94)33-72(4)55(95)34-73(5)64(104)39(7-6-12-74(26-40(80)56(96)60(100)44(84)35-76)27-41(81)57(97)61(101)45(85)36-77)68-50(90)31-70(2)53(93)32-71(3)52(92)25-67-48(88)8-13-105-17-21-109-23-19-107-15-10-65/h39-47,56-63,76-87,96-103H,6-38,65H2,1-5H3,(H,66,89)(H,67,88)(H,68,90)/t39?,40-,41-,42-,43-,44+,45+,46+,47+,56+,57+,58+,59+,60+,61+,62+,63+/m0/s1. The minimum absolute atomic E-state index is 0.00628. The molecule has 1 unspecified atom stereocenters. The average Bonchev–Trinajstić information content (AvgIpc) is 0.865. The molecule has 110 heavy (non-hydrogen) atoms. The normalized spacial score (nSPS) is 16.4. The van der Waals surface area contributed by atoms with Crippen LogP contribution in [0.2, 0.25) is 0 Å². The van der Waals surface area contributed by atoms with E-state index in [-0.39, 0.29) is 91.8 Å². The molecule has 0 aliphatic heterocycles. The zero-order valence-corrected chi connectivity index (χ0v) is 62.9. The van der Waals surface area contributed by atoms with Gasteiger partial charge in [-0.25, -0.2) is 0 Å². The number of nitrogens with two attached hydrogens (primary N) is 1. The van der Waals surface area contributed by atoms with Gasteiger partial charge in [-0.3, -0.25) is 48.1 Å². The Morgan fingerprint density at radius 2 is 0.673 bits per heavy atom. The molecule has 0 aromatic heterocycles. The summed E-state index contributed by atoms with van der Waals surface area (Å²) in [5.74, 6) is -6.91. The summed E-state index contributed by atoms with van der Waals surface area (Å²) < 4.78 is 32.1. The Balaban J connectivity index is 5.81. The van der Waals surface area contributed by atoms with Crippen molar-refractivity contribution in [3.05, 3.63) is 0 Å². The molecule has 0 aliphatic carbocycles. The molecule has 0 bridgehead atoms. The number of carbonyl (C=O) groups excluding carboxylic acids is 9. The topological polar surface area (TPSA) is 698 Å². The van der Waals surface area contributed by atoms with Gasteiger partial charge >= 0.3 is 0 Å². The monoisotopic (exact) mass is 1610 g/mol. The van der Waals surface area contributed by atoms with Crippen molar-refractivity contribution in [3.8, 4) is 0 Å². The van der Waals surface area contributed by atoms with Crippen LogP contribution in [0.1, 0.15) is 25.7 Å². The van der Waals surface area contributed by atoms with Gasteiger partial charge in [0.05, 0.1) is 164 Å². The number of amides is 9. The van der Waals surface area contributed by atoms with Crippen LogP contribution in [0.3, 0.4) is 0 Å². The first-order valence-corrected chi connectivity index (χ1v) is 35.4. The number of likely N-dealkylation sites (N-methyl/N-ethyl adjacent to an activating group) is 5. The number of hydrogen-bond acceptors (Lipinski definition) is 37. The van der Waals surface area contributed by atoms with Crippen molar-refractivity contribution in [1.29, 1.82) is 0 Å². The fraction of sp³-hybridized carbons (Fsp3) is 0.859. The Morgan fingerprint density at radius 1 is 0.345 bits per heavy atom. The number of hydrogen-bond donors (Lipinski definition) is 24. The summed E-state index contributed by atoms with van der Waals surface area (Å²) in [6, 6.07) is -1.57. The third-order valence-corrected chi connectivity index (χ3v) is 16.6. The van der Waals surface area contributed by atoms with Crippen molar-refractivity contribution in [1.82, 2.24) is 50.2 Å². The molecule has 9 amide bonds. The lowest BCUT2D eigenvalue weighted by molar-refractivity contribution is -0.149. The van der Waals surface area contributed by atoms with Crippen LogP contribution >= 0.6 is 0 Å². The van der Waals surface area contributed by atoms with Gasteiger partial charge in [-0.05, 0) is 19.4 Å². The Labute approximate surface area is 636 Å². The Bertz CT molecular complexity index is 2530. The lowest BCUT2D eigenvalue weighted by Crippen LogP contribution is -2.54. The first kappa shape index (κ1) is 104. The average molecular weight is 1610 g/mol. The lowest BCUT2D eigenvalue weighted by Gasteiger charge is -2.34. The number of ether oxygens (including phenoxy) is 6. The molecular formula is C64H123N11O35. The molecule has 25 N–H and O–H groups in total. The van der Waals surface area contributed by atoms with Crippen molar-refractivity contribution in [2.45, 2.75) is 129 Å². The highest BCUT2D eigenvalue weighted by Gasteiger charge is 2.38.